The minimum Gasteiger partial charge on any atom is -0.354 e. The van der Waals surface area contributed by atoms with Crippen molar-refractivity contribution in [2.75, 3.05) is 54.8 Å². The number of thiazole rings is 1. The lowest BCUT2D eigenvalue weighted by molar-refractivity contribution is -0.380. The highest BCUT2D eigenvalue weighted by atomic mass is 32.1. The van der Waals surface area contributed by atoms with Gasteiger partial charge in [-0.05, 0) is 79.3 Å². The Morgan fingerprint density at radius 1 is 1.03 bits per heavy atom. The number of hydrogen-bond donors (Lipinski definition) is 3. The fraction of sp³-hybridized carbons (Fsp3) is 0.419. The molecule has 18 nitrogen and oxygen atoms in total. The van der Waals surface area contributed by atoms with Crippen molar-refractivity contribution in [1.29, 1.82) is 0 Å². The predicted molar refractivity (Wildman–Crippen MR) is 235 cm³/mol. The second-order valence-corrected chi connectivity index (χ2v) is 17.2. The van der Waals surface area contributed by atoms with E-state index in [1.54, 1.807) is 60.2 Å². The Labute approximate surface area is 370 Å². The van der Waals surface area contributed by atoms with Crippen LogP contribution in [0.1, 0.15) is 83.5 Å². The molecule has 3 aliphatic heterocycles. The monoisotopic (exact) mass is 898 g/mol. The minimum atomic E-state index is -2.71. The van der Waals surface area contributed by atoms with Gasteiger partial charge in [0.25, 0.3) is 12.3 Å². The molecule has 4 amide bonds. The number of para-hydroxylation sites is 1. The highest BCUT2D eigenvalue weighted by Gasteiger charge is 2.35. The molecule has 0 unspecified atom stereocenters. The summed E-state index contributed by atoms with van der Waals surface area (Å²) in [5.74, 6) is -0.609. The Hall–Kier alpha value is -6.61. The van der Waals surface area contributed by atoms with E-state index in [1.807, 2.05) is 11.0 Å². The van der Waals surface area contributed by atoms with Crippen LogP contribution in [0.15, 0.2) is 48.8 Å². The van der Waals surface area contributed by atoms with E-state index in [9.17, 15) is 38.1 Å². The van der Waals surface area contributed by atoms with E-state index < -0.39 is 23.2 Å². The lowest BCUT2D eigenvalue weighted by Crippen LogP contribution is -2.43. The summed E-state index contributed by atoms with van der Waals surface area (Å²) in [6.45, 7) is 6.00. The first-order valence-corrected chi connectivity index (χ1v) is 21.9. The number of nitrogens with one attached hydrogen (secondary N) is 3. The number of rotatable bonds is 13. The van der Waals surface area contributed by atoms with E-state index in [2.05, 4.69) is 35.6 Å². The van der Waals surface area contributed by atoms with Crippen LogP contribution in [0.2, 0.25) is 0 Å². The lowest BCUT2D eigenvalue weighted by Gasteiger charge is -2.33. The number of fused-ring (bicyclic) bond motifs is 2. The highest BCUT2D eigenvalue weighted by Crippen LogP contribution is 2.44. The third kappa shape index (κ3) is 9.35. The van der Waals surface area contributed by atoms with Gasteiger partial charge in [0.15, 0.2) is 10.9 Å². The molecule has 0 bridgehead atoms. The van der Waals surface area contributed by atoms with Gasteiger partial charge in [-0.2, -0.15) is 10.2 Å². The number of piperidine rings is 1. The van der Waals surface area contributed by atoms with Crippen LogP contribution in [-0.2, 0) is 40.8 Å². The van der Waals surface area contributed by atoms with Gasteiger partial charge < -0.3 is 20.4 Å². The fourth-order valence-corrected chi connectivity index (χ4v) is 9.53. The van der Waals surface area contributed by atoms with E-state index in [4.69, 9.17) is 5.10 Å². The van der Waals surface area contributed by atoms with Crippen molar-refractivity contribution >= 4 is 62.3 Å². The number of carbonyl (C=O) groups excluding carboxylic acids is 4. The van der Waals surface area contributed by atoms with E-state index >= 15 is 0 Å². The van der Waals surface area contributed by atoms with Crippen molar-refractivity contribution in [3.8, 4) is 11.1 Å². The van der Waals surface area contributed by atoms with Crippen molar-refractivity contribution < 1.29 is 32.9 Å². The highest BCUT2D eigenvalue weighted by molar-refractivity contribution is 7.19. The zero-order valence-electron chi connectivity index (χ0n) is 35.6. The van der Waals surface area contributed by atoms with E-state index in [1.165, 1.54) is 13.0 Å². The van der Waals surface area contributed by atoms with Crippen molar-refractivity contribution in [2.24, 2.45) is 7.05 Å². The van der Waals surface area contributed by atoms with Crippen LogP contribution in [0.4, 0.5) is 36.1 Å². The molecular weight excluding hydrogens is 851 g/mol. The third-order valence-electron chi connectivity index (χ3n) is 11.9. The van der Waals surface area contributed by atoms with Crippen molar-refractivity contribution in [1.82, 2.24) is 39.7 Å². The number of carbonyl (C=O) groups is 4. The number of nitro groups is 1. The lowest BCUT2D eigenvalue weighted by atomic mass is 9.92. The number of nitrogens with zero attached hydrogens (tertiary/aromatic N) is 9. The summed E-state index contributed by atoms with van der Waals surface area (Å²) < 4.78 is 33.1. The Kier molecular flexibility index (Phi) is 12.8. The smallest absolute Gasteiger partial charge is 0.348 e. The maximum Gasteiger partial charge on any atom is 0.348 e. The van der Waals surface area contributed by atoms with Gasteiger partial charge in [-0.1, -0.05) is 12.1 Å². The number of alkyl halides is 2. The SMILES string of the molecule is CC(=O)N1CCc2c(c(N3CCCc4cc(-c5cnn(C)c5)c(C(F)F)cc43)nn2C2CCN(CC(=O)NCCC(=O)Nc3ccccc3C(=O)Nc3nc(C)c([N+](=O)[O-])s3)CC2)C1. The van der Waals surface area contributed by atoms with Gasteiger partial charge in [0.05, 0.1) is 41.5 Å². The van der Waals surface area contributed by atoms with Crippen LogP contribution >= 0.6 is 11.3 Å². The molecule has 21 heteroatoms. The molecule has 1 fully saturated rings. The Balaban J connectivity index is 0.884. The van der Waals surface area contributed by atoms with Gasteiger partial charge >= 0.3 is 5.00 Å². The normalized spacial score (nSPS) is 15.5. The topological polar surface area (TPSA) is 206 Å². The molecule has 6 heterocycles. The summed E-state index contributed by atoms with van der Waals surface area (Å²) in [4.78, 5) is 72.1. The standard InChI is InChI=1S/C43H48F2N12O6S/c1-25-42(57(62)63)64-43(48-25)50-41(61)30-8-4-5-9-34(30)49-37(59)10-14-46-38(60)24-53-16-11-29(12-17-53)56-35-13-18-54(26(2)58)23-33(35)40(51-56)55-15-6-7-27-19-31(28-21-47-52(3)22-28)32(39(44)45)20-36(27)55/h4-5,8-9,19-22,29,39H,6-7,10-18,23-24H2,1-3H3,(H,46,60)(H,49,59)(H,48,50,61). The summed E-state index contributed by atoms with van der Waals surface area (Å²) in [7, 11) is 1.76. The molecule has 0 radical (unpaired) electrons. The number of aryl methyl sites for hydroxylation is 3. The maximum absolute atomic E-state index is 14.7. The van der Waals surface area contributed by atoms with E-state index in [0.717, 1.165) is 41.0 Å². The van der Waals surface area contributed by atoms with Crippen LogP contribution in [0.5, 0.6) is 0 Å². The molecule has 0 aliphatic carbocycles. The van der Waals surface area contributed by atoms with Crippen LogP contribution in [0.3, 0.4) is 0 Å². The van der Waals surface area contributed by atoms with Crippen LogP contribution in [0, 0.1) is 17.0 Å². The van der Waals surface area contributed by atoms with Crippen LogP contribution in [0.25, 0.3) is 11.1 Å². The van der Waals surface area contributed by atoms with Gasteiger partial charge in [-0.3, -0.25) is 48.9 Å². The zero-order valence-corrected chi connectivity index (χ0v) is 36.4. The van der Waals surface area contributed by atoms with Gasteiger partial charge in [0.2, 0.25) is 17.7 Å². The summed E-state index contributed by atoms with van der Waals surface area (Å²) in [6.07, 6.45) is 4.15. The summed E-state index contributed by atoms with van der Waals surface area (Å²) >= 11 is 0.737. The molecule has 5 aromatic rings. The first-order chi connectivity index (χ1) is 30.7. The second kappa shape index (κ2) is 18.6. The second-order valence-electron chi connectivity index (χ2n) is 16.2. The molecule has 3 N–H and O–H groups in total. The predicted octanol–water partition coefficient (Wildman–Crippen LogP) is 5.92. The molecule has 1 saturated heterocycles. The Morgan fingerprint density at radius 2 is 1.81 bits per heavy atom. The van der Waals surface area contributed by atoms with Crippen molar-refractivity contribution in [2.45, 2.75) is 71.4 Å². The van der Waals surface area contributed by atoms with Gasteiger partial charge in [0.1, 0.15) is 5.69 Å². The number of amides is 4. The first-order valence-electron chi connectivity index (χ1n) is 21.1. The van der Waals surface area contributed by atoms with E-state index in [-0.39, 0.29) is 70.0 Å². The molecule has 2 aromatic carbocycles. The number of likely N-dealkylation sites (tertiary alicyclic amines) is 1. The average molecular weight is 899 g/mol. The molecule has 3 aromatic heterocycles. The largest absolute Gasteiger partial charge is 0.354 e. The van der Waals surface area contributed by atoms with E-state index in [0.29, 0.717) is 74.6 Å². The van der Waals surface area contributed by atoms with Crippen molar-refractivity contribution in [3.63, 3.8) is 0 Å². The molecule has 64 heavy (non-hydrogen) atoms. The molecule has 336 valence electrons. The minimum absolute atomic E-state index is 0.0254. The molecule has 0 atom stereocenters. The average Bonchev–Trinajstić information content (AvgIpc) is 3.99. The fourth-order valence-electron chi connectivity index (χ4n) is 8.75. The number of halogens is 2. The zero-order chi connectivity index (χ0) is 45.2. The summed E-state index contributed by atoms with van der Waals surface area (Å²) in [5.41, 5.74) is 5.21. The van der Waals surface area contributed by atoms with Gasteiger partial charge in [0, 0.05) is 93.8 Å². The molecule has 0 saturated carbocycles. The molecule has 8 rings (SSSR count). The Bertz CT molecular complexity index is 2620. The third-order valence-corrected chi connectivity index (χ3v) is 13.0. The summed E-state index contributed by atoms with van der Waals surface area (Å²) in [5, 5.41) is 28.6. The number of benzene rings is 2. The summed E-state index contributed by atoms with van der Waals surface area (Å²) in [6, 6.07) is 9.82. The van der Waals surface area contributed by atoms with Gasteiger partial charge in [-0.15, -0.1) is 0 Å². The first kappa shape index (κ1) is 44.0. The number of aromatic nitrogens is 5. The molecular formula is C43H48F2N12O6S. The van der Waals surface area contributed by atoms with Crippen molar-refractivity contribution in [3.05, 3.63) is 92.5 Å². The molecule has 3 aliphatic rings. The maximum atomic E-state index is 14.7. The number of hydrogen-bond acceptors (Lipinski definition) is 12. The van der Waals surface area contributed by atoms with Crippen LogP contribution in [-0.4, -0.2) is 102 Å². The molecule has 0 spiro atoms. The Morgan fingerprint density at radius 3 is 2.52 bits per heavy atom. The number of anilines is 4. The van der Waals surface area contributed by atoms with Gasteiger partial charge in [-0.25, -0.2) is 13.8 Å². The van der Waals surface area contributed by atoms with Crippen LogP contribution < -0.4 is 20.9 Å². The quantitative estimate of drug-likeness (QED) is 0.0935.